The van der Waals surface area contributed by atoms with Crippen molar-refractivity contribution in [1.29, 1.82) is 0 Å². The van der Waals surface area contributed by atoms with Crippen LogP contribution in [0.2, 0.25) is 0 Å². The minimum atomic E-state index is -0.661. The highest BCUT2D eigenvalue weighted by Crippen LogP contribution is 2.36. The summed E-state index contributed by atoms with van der Waals surface area (Å²) in [5.74, 6) is 5.91. The first kappa shape index (κ1) is 22.0. The lowest BCUT2D eigenvalue weighted by molar-refractivity contribution is -0.202. The molecule has 2 heterocycles. The average molecular weight is 408 g/mol. The number of hydrogen-bond acceptors (Lipinski definition) is 6. The molecule has 158 valence electrons. The van der Waals surface area contributed by atoms with E-state index in [9.17, 15) is 9.90 Å². The Morgan fingerprint density at radius 3 is 2.23 bits per heavy atom. The fourth-order valence-electron chi connectivity index (χ4n) is 3.67. The first-order chi connectivity index (χ1) is 14.5. The molecular weight excluding hydrogens is 380 g/mol. The van der Waals surface area contributed by atoms with Gasteiger partial charge in [-0.2, -0.15) is 5.06 Å². The monoisotopic (exact) mass is 408 g/mol. The predicted octanol–water partition coefficient (Wildman–Crippen LogP) is 2.01. The van der Waals surface area contributed by atoms with Crippen molar-refractivity contribution >= 4 is 5.97 Å². The van der Waals surface area contributed by atoms with E-state index in [1.807, 2.05) is 48.5 Å². The van der Waals surface area contributed by atoms with Crippen LogP contribution in [0.4, 0.5) is 0 Å². The van der Waals surface area contributed by atoms with Crippen LogP contribution in [0, 0.1) is 24.7 Å². The van der Waals surface area contributed by atoms with Gasteiger partial charge in [0, 0.05) is 11.1 Å². The van der Waals surface area contributed by atoms with Gasteiger partial charge in [0.25, 0.3) is 0 Å². The second-order valence-electron chi connectivity index (χ2n) is 7.44. The number of carbonyl (C=O) groups excluding carboxylic acids is 1. The number of rotatable bonds is 3. The van der Waals surface area contributed by atoms with Gasteiger partial charge in [-0.05, 0) is 50.7 Å². The molecule has 6 nitrogen and oxygen atoms in total. The Hall–Kier alpha value is -2.69. The van der Waals surface area contributed by atoms with Crippen molar-refractivity contribution < 1.29 is 19.5 Å². The van der Waals surface area contributed by atoms with Crippen LogP contribution in [0.1, 0.15) is 29.2 Å². The molecule has 0 bridgehead atoms. The Kier molecular flexibility index (Phi) is 7.24. The summed E-state index contributed by atoms with van der Waals surface area (Å²) in [6.45, 7) is 4.47. The van der Waals surface area contributed by atoms with Gasteiger partial charge in [-0.15, -0.1) is 0 Å². The summed E-state index contributed by atoms with van der Waals surface area (Å²) >= 11 is 0. The van der Waals surface area contributed by atoms with Gasteiger partial charge in [0.2, 0.25) is 0 Å². The minimum absolute atomic E-state index is 0.132. The lowest BCUT2D eigenvalue weighted by atomic mass is 9.95. The van der Waals surface area contributed by atoms with Gasteiger partial charge in [-0.25, -0.2) is 0 Å². The van der Waals surface area contributed by atoms with Crippen molar-refractivity contribution in [2.24, 2.45) is 11.7 Å². The van der Waals surface area contributed by atoms with Crippen LogP contribution in [0.15, 0.2) is 48.5 Å². The Labute approximate surface area is 177 Å². The number of aliphatic hydroxyl groups is 1. The van der Waals surface area contributed by atoms with Crippen LogP contribution < -0.4 is 5.73 Å². The zero-order valence-corrected chi connectivity index (χ0v) is 17.5. The van der Waals surface area contributed by atoms with Crippen LogP contribution in [0.25, 0.3) is 0 Å². The molecule has 4 rings (SSSR count). The molecule has 2 aliphatic heterocycles. The molecule has 0 amide bonds. The largest absolute Gasteiger partial charge is 0.464 e. The summed E-state index contributed by atoms with van der Waals surface area (Å²) < 4.78 is 5.18. The van der Waals surface area contributed by atoms with Crippen molar-refractivity contribution in [2.45, 2.75) is 38.6 Å². The second kappa shape index (κ2) is 9.88. The highest BCUT2D eigenvalue weighted by atomic mass is 16.7. The number of aliphatic hydroxyl groups excluding tert-OH is 1. The number of aryl methyl sites for hydroxylation is 1. The molecule has 0 aromatic heterocycles. The highest BCUT2D eigenvalue weighted by Gasteiger charge is 2.54. The van der Waals surface area contributed by atoms with E-state index >= 15 is 0 Å². The Morgan fingerprint density at radius 1 is 1.10 bits per heavy atom. The molecule has 0 aliphatic carbocycles. The lowest BCUT2D eigenvalue weighted by Crippen LogP contribution is -2.35. The van der Waals surface area contributed by atoms with Crippen LogP contribution in [0.3, 0.4) is 0 Å². The summed E-state index contributed by atoms with van der Waals surface area (Å²) in [6, 6.07) is 15.5. The fourth-order valence-corrected chi connectivity index (χ4v) is 3.67. The third kappa shape index (κ3) is 4.89. The summed E-state index contributed by atoms with van der Waals surface area (Å²) in [7, 11) is 1.50. The van der Waals surface area contributed by atoms with Gasteiger partial charge in [0.1, 0.15) is 12.1 Å². The number of esters is 1. The van der Waals surface area contributed by atoms with E-state index in [1.165, 1.54) is 12.6 Å². The molecular formula is C24H28N2O4. The summed E-state index contributed by atoms with van der Waals surface area (Å²) in [6.07, 6.45) is -1.08. The van der Waals surface area contributed by atoms with E-state index in [4.69, 9.17) is 9.57 Å². The molecule has 6 heteroatoms. The third-order valence-electron chi connectivity index (χ3n) is 5.22. The molecule has 2 unspecified atom stereocenters. The number of hydrogen-bond donors (Lipinski definition) is 2. The van der Waals surface area contributed by atoms with Gasteiger partial charge in [-0.1, -0.05) is 41.7 Å². The standard InChI is InChI=1S/C23H23NO4.CH5N/c1-15-3-5-17(6-4-15)7-8-18-9-11-19(12-10-18)13-24-21-20(14-27-23(21)26)22(28-24)16(2)25;1-2/h3-6,9-12,16,20-22,25H,13-14H2,1-2H3;2H2,1H3/t16?,20-,21-,22?;/m0./s1. The number of cyclic esters (lactones) is 1. The zero-order chi connectivity index (χ0) is 21.7. The SMILES string of the molecule is CN.Cc1ccc(C#Cc2ccc(CN3OC(C(C)O)[C@H]4COC(=O)[C@H]43)cc2)cc1. The Balaban J connectivity index is 0.00000124. The molecule has 0 radical (unpaired) electrons. The first-order valence-electron chi connectivity index (χ1n) is 10.0. The van der Waals surface area contributed by atoms with E-state index in [0.717, 1.165) is 16.7 Å². The van der Waals surface area contributed by atoms with E-state index in [-0.39, 0.29) is 11.9 Å². The van der Waals surface area contributed by atoms with E-state index in [0.29, 0.717) is 13.2 Å². The van der Waals surface area contributed by atoms with Crippen molar-refractivity contribution in [1.82, 2.24) is 5.06 Å². The molecule has 2 aromatic carbocycles. The normalized spacial score (nSPS) is 23.5. The maximum Gasteiger partial charge on any atom is 0.326 e. The van der Waals surface area contributed by atoms with Gasteiger partial charge < -0.3 is 15.6 Å². The number of carbonyl (C=O) groups is 1. The van der Waals surface area contributed by atoms with E-state index in [2.05, 4.69) is 24.5 Å². The smallest absolute Gasteiger partial charge is 0.326 e. The number of ether oxygens (including phenoxy) is 1. The second-order valence-corrected chi connectivity index (χ2v) is 7.44. The summed E-state index contributed by atoms with van der Waals surface area (Å²) in [5.41, 5.74) is 8.62. The van der Waals surface area contributed by atoms with Gasteiger partial charge in [-0.3, -0.25) is 9.63 Å². The Bertz CT molecular complexity index is 913. The number of fused-ring (bicyclic) bond motifs is 1. The molecule has 0 spiro atoms. The molecule has 30 heavy (non-hydrogen) atoms. The maximum absolute atomic E-state index is 12.1. The van der Waals surface area contributed by atoms with Crippen LogP contribution in [-0.2, 0) is 20.9 Å². The van der Waals surface area contributed by atoms with Crippen LogP contribution in [0.5, 0.6) is 0 Å². The topological polar surface area (TPSA) is 85.0 Å². The van der Waals surface area contributed by atoms with Gasteiger partial charge in [0.05, 0.1) is 25.2 Å². The first-order valence-corrected chi connectivity index (χ1v) is 10.0. The molecule has 3 N–H and O–H groups in total. The van der Waals surface area contributed by atoms with Gasteiger partial charge in [0.15, 0.2) is 0 Å². The number of nitrogens with two attached hydrogens (primary N) is 1. The molecule has 2 saturated heterocycles. The molecule has 2 aliphatic rings. The van der Waals surface area contributed by atoms with Crippen molar-refractivity contribution in [3.63, 3.8) is 0 Å². The number of benzene rings is 2. The van der Waals surface area contributed by atoms with Crippen molar-refractivity contribution in [3.8, 4) is 11.8 Å². The molecule has 4 atom stereocenters. The average Bonchev–Trinajstić information content (AvgIpc) is 3.31. The fraction of sp³-hybridized carbons (Fsp3) is 0.375. The van der Waals surface area contributed by atoms with Crippen LogP contribution >= 0.6 is 0 Å². The molecule has 2 fully saturated rings. The molecule has 2 aromatic rings. The lowest BCUT2D eigenvalue weighted by Gasteiger charge is -2.21. The third-order valence-corrected chi connectivity index (χ3v) is 5.22. The van der Waals surface area contributed by atoms with Gasteiger partial charge >= 0.3 is 5.97 Å². The maximum atomic E-state index is 12.1. The number of nitrogens with zero attached hydrogens (tertiary/aromatic N) is 1. The summed E-state index contributed by atoms with van der Waals surface area (Å²) in [5, 5.41) is 11.6. The van der Waals surface area contributed by atoms with E-state index < -0.39 is 18.2 Å². The molecule has 0 saturated carbocycles. The Morgan fingerprint density at radius 2 is 1.67 bits per heavy atom. The van der Waals surface area contributed by atoms with Crippen LogP contribution in [-0.4, -0.2) is 48.0 Å². The predicted molar refractivity (Wildman–Crippen MR) is 114 cm³/mol. The quantitative estimate of drug-likeness (QED) is 0.597. The van der Waals surface area contributed by atoms with Crippen molar-refractivity contribution in [3.05, 3.63) is 70.8 Å². The van der Waals surface area contributed by atoms with E-state index in [1.54, 1.807) is 12.0 Å². The van der Waals surface area contributed by atoms with Crippen molar-refractivity contribution in [2.75, 3.05) is 13.7 Å². The summed E-state index contributed by atoms with van der Waals surface area (Å²) in [4.78, 5) is 17.9. The zero-order valence-electron chi connectivity index (χ0n) is 17.5. The highest BCUT2D eigenvalue weighted by molar-refractivity contribution is 5.78. The minimum Gasteiger partial charge on any atom is -0.464 e. The number of hydroxylamine groups is 2.